The average molecular weight is 302 g/mol. The van der Waals surface area contributed by atoms with Crippen molar-refractivity contribution in [2.24, 2.45) is 28.6 Å². The first-order chi connectivity index (χ1) is 10.5. The van der Waals surface area contributed by atoms with Gasteiger partial charge in [-0.25, -0.2) is 0 Å². The Morgan fingerprint density at radius 3 is 2.68 bits per heavy atom. The Balaban J connectivity index is 1.73. The molecule has 1 N–H and O–H groups in total. The monoisotopic (exact) mass is 302 g/mol. The van der Waals surface area contributed by atoms with E-state index in [-0.39, 0.29) is 23.2 Å². The van der Waals surface area contributed by atoms with Gasteiger partial charge in [-0.3, -0.25) is 9.59 Å². The van der Waals surface area contributed by atoms with Gasteiger partial charge in [0.05, 0.1) is 6.61 Å². The van der Waals surface area contributed by atoms with E-state index in [0.717, 1.165) is 44.9 Å². The summed E-state index contributed by atoms with van der Waals surface area (Å²) in [6, 6.07) is 0. The zero-order valence-corrected chi connectivity index (χ0v) is 13.4. The van der Waals surface area contributed by atoms with E-state index in [4.69, 9.17) is 0 Å². The molecule has 0 heterocycles. The van der Waals surface area contributed by atoms with Crippen LogP contribution >= 0.6 is 0 Å². The van der Waals surface area contributed by atoms with Gasteiger partial charge < -0.3 is 5.11 Å². The second-order valence-corrected chi connectivity index (χ2v) is 8.28. The standard InChI is InChI=1S/C19H26O3/c1-18-8-7-16-14(15(18)4-5-17(18)22)3-2-12-10-13(21)6-9-19(12,16)11-20/h10,14-16,20H,2-9,11H2,1H3/t14?,15?,16?,18-,19+/m1/s1. The minimum Gasteiger partial charge on any atom is -0.395 e. The van der Waals surface area contributed by atoms with Crippen molar-refractivity contribution in [2.75, 3.05) is 6.61 Å². The summed E-state index contributed by atoms with van der Waals surface area (Å²) in [6.07, 6.45) is 9.06. The summed E-state index contributed by atoms with van der Waals surface area (Å²) in [5, 5.41) is 10.2. The third-order valence-corrected chi connectivity index (χ3v) is 7.68. The lowest BCUT2D eigenvalue weighted by Gasteiger charge is -2.57. The number of hydrogen-bond acceptors (Lipinski definition) is 3. The van der Waals surface area contributed by atoms with Crippen molar-refractivity contribution in [3.05, 3.63) is 11.6 Å². The van der Waals surface area contributed by atoms with E-state index in [1.165, 1.54) is 5.57 Å². The average Bonchev–Trinajstić information content (AvgIpc) is 2.82. The van der Waals surface area contributed by atoms with Gasteiger partial charge in [0.1, 0.15) is 5.78 Å². The number of aliphatic hydroxyl groups excluding tert-OH is 1. The van der Waals surface area contributed by atoms with Crippen LogP contribution in [-0.4, -0.2) is 23.3 Å². The molecule has 0 aromatic heterocycles. The molecule has 3 nitrogen and oxygen atoms in total. The van der Waals surface area contributed by atoms with Crippen molar-refractivity contribution in [1.29, 1.82) is 0 Å². The molecule has 3 fully saturated rings. The van der Waals surface area contributed by atoms with Gasteiger partial charge in [0, 0.05) is 23.7 Å². The maximum Gasteiger partial charge on any atom is 0.155 e. The maximum atomic E-state index is 12.4. The number of carbonyl (C=O) groups excluding carboxylic acids is 2. The highest BCUT2D eigenvalue weighted by atomic mass is 16.3. The molecule has 4 aliphatic carbocycles. The van der Waals surface area contributed by atoms with Crippen LogP contribution in [0.4, 0.5) is 0 Å². The predicted octanol–water partition coefficient (Wildman–Crippen LogP) is 3.06. The normalized spacial score (nSPS) is 47.5. The number of carbonyl (C=O) groups is 2. The van der Waals surface area contributed by atoms with E-state index < -0.39 is 0 Å². The molecule has 0 aromatic carbocycles. The lowest BCUT2D eigenvalue weighted by Crippen LogP contribution is -2.53. The van der Waals surface area contributed by atoms with Crippen molar-refractivity contribution in [3.63, 3.8) is 0 Å². The Morgan fingerprint density at radius 1 is 1.09 bits per heavy atom. The van der Waals surface area contributed by atoms with E-state index in [2.05, 4.69) is 6.92 Å². The van der Waals surface area contributed by atoms with Gasteiger partial charge in [-0.1, -0.05) is 12.5 Å². The first-order valence-electron chi connectivity index (χ1n) is 8.89. The summed E-state index contributed by atoms with van der Waals surface area (Å²) >= 11 is 0. The second kappa shape index (κ2) is 4.77. The van der Waals surface area contributed by atoms with Gasteiger partial charge in [0.15, 0.2) is 5.78 Å². The Labute approximate surface area is 132 Å². The molecule has 3 saturated carbocycles. The molecule has 3 unspecified atom stereocenters. The molecule has 3 heteroatoms. The molecule has 0 aliphatic heterocycles. The quantitative estimate of drug-likeness (QED) is 0.810. The lowest BCUT2D eigenvalue weighted by atomic mass is 9.47. The van der Waals surface area contributed by atoms with E-state index in [1.807, 2.05) is 6.08 Å². The fraction of sp³-hybridized carbons (Fsp3) is 0.789. The molecule has 4 rings (SSSR count). The Hall–Kier alpha value is -0.960. The third-order valence-electron chi connectivity index (χ3n) is 7.68. The van der Waals surface area contributed by atoms with Crippen LogP contribution in [0.2, 0.25) is 0 Å². The van der Waals surface area contributed by atoms with Gasteiger partial charge in [0.25, 0.3) is 0 Å². The minimum atomic E-state index is -0.163. The third kappa shape index (κ3) is 1.72. The van der Waals surface area contributed by atoms with Crippen LogP contribution in [0.15, 0.2) is 11.6 Å². The summed E-state index contributed by atoms with van der Waals surface area (Å²) < 4.78 is 0. The van der Waals surface area contributed by atoms with E-state index >= 15 is 0 Å². The summed E-state index contributed by atoms with van der Waals surface area (Å²) in [4.78, 5) is 24.2. The highest BCUT2D eigenvalue weighted by molar-refractivity contribution is 5.91. The van der Waals surface area contributed by atoms with Crippen LogP contribution in [0.1, 0.15) is 58.3 Å². The summed E-state index contributed by atoms with van der Waals surface area (Å²) in [7, 11) is 0. The molecule has 22 heavy (non-hydrogen) atoms. The summed E-state index contributed by atoms with van der Waals surface area (Å²) in [5.41, 5.74) is 0.938. The molecular weight excluding hydrogens is 276 g/mol. The lowest BCUT2D eigenvalue weighted by molar-refractivity contribution is -0.134. The van der Waals surface area contributed by atoms with Crippen LogP contribution in [0.25, 0.3) is 0 Å². The van der Waals surface area contributed by atoms with Crippen LogP contribution in [0.5, 0.6) is 0 Å². The minimum absolute atomic E-state index is 0.108. The fourth-order valence-electron chi connectivity index (χ4n) is 6.43. The Kier molecular flexibility index (Phi) is 3.17. The van der Waals surface area contributed by atoms with Crippen molar-refractivity contribution >= 4 is 11.6 Å². The molecule has 0 aromatic rings. The highest BCUT2D eigenvalue weighted by Crippen LogP contribution is 2.64. The smallest absolute Gasteiger partial charge is 0.155 e. The molecule has 0 radical (unpaired) electrons. The van der Waals surface area contributed by atoms with Gasteiger partial charge in [0.2, 0.25) is 0 Å². The molecule has 4 aliphatic rings. The summed E-state index contributed by atoms with van der Waals surface area (Å²) in [6.45, 7) is 2.36. The topological polar surface area (TPSA) is 54.4 Å². The number of Topliss-reactive ketones (excluding diaryl/α,β-unsaturated/α-hetero) is 1. The number of rotatable bonds is 1. The van der Waals surface area contributed by atoms with E-state index in [1.54, 1.807) is 0 Å². The van der Waals surface area contributed by atoms with Gasteiger partial charge in [-0.15, -0.1) is 0 Å². The first-order valence-corrected chi connectivity index (χ1v) is 8.89. The number of hydrogen-bond donors (Lipinski definition) is 1. The van der Waals surface area contributed by atoms with Crippen LogP contribution in [0.3, 0.4) is 0 Å². The largest absolute Gasteiger partial charge is 0.395 e. The number of aliphatic hydroxyl groups is 1. The van der Waals surface area contributed by atoms with Gasteiger partial charge in [-0.05, 0) is 62.4 Å². The van der Waals surface area contributed by atoms with E-state index in [9.17, 15) is 14.7 Å². The molecule has 5 atom stereocenters. The molecular formula is C19H26O3. The van der Waals surface area contributed by atoms with Crippen LogP contribution in [0, 0.1) is 28.6 Å². The number of fused-ring (bicyclic) bond motifs is 5. The molecule has 0 saturated heterocycles. The molecule has 0 bridgehead atoms. The molecule has 0 spiro atoms. The SMILES string of the molecule is C[C@@]12CCC3C(CCC4=CC(=O)CC[C@]43CO)C1CCC2=O. The van der Waals surface area contributed by atoms with Gasteiger partial charge in [-0.2, -0.15) is 0 Å². The Bertz CT molecular complexity index is 563. The van der Waals surface area contributed by atoms with Crippen LogP contribution < -0.4 is 0 Å². The van der Waals surface area contributed by atoms with Gasteiger partial charge >= 0.3 is 0 Å². The zero-order chi connectivity index (χ0) is 15.5. The predicted molar refractivity (Wildman–Crippen MR) is 83.1 cm³/mol. The second-order valence-electron chi connectivity index (χ2n) is 8.28. The van der Waals surface area contributed by atoms with Crippen molar-refractivity contribution < 1.29 is 14.7 Å². The van der Waals surface area contributed by atoms with Crippen LogP contribution in [-0.2, 0) is 9.59 Å². The maximum absolute atomic E-state index is 12.4. The first kappa shape index (κ1) is 14.6. The van der Waals surface area contributed by atoms with Crippen molar-refractivity contribution in [3.8, 4) is 0 Å². The zero-order valence-electron chi connectivity index (χ0n) is 13.4. The molecule has 0 amide bonds. The Morgan fingerprint density at radius 2 is 1.91 bits per heavy atom. The van der Waals surface area contributed by atoms with Crippen molar-refractivity contribution in [1.82, 2.24) is 0 Å². The molecule has 120 valence electrons. The highest BCUT2D eigenvalue weighted by Gasteiger charge is 2.59. The summed E-state index contributed by atoms with van der Waals surface area (Å²) in [5.74, 6) is 2.22. The fourth-order valence-corrected chi connectivity index (χ4v) is 6.43. The van der Waals surface area contributed by atoms with Crippen molar-refractivity contribution in [2.45, 2.75) is 58.3 Å². The number of ketones is 2. The van der Waals surface area contributed by atoms with E-state index in [0.29, 0.717) is 30.0 Å².